The molecule has 0 amide bonds. The Morgan fingerprint density at radius 3 is 2.77 bits per heavy atom. The van der Waals surface area contributed by atoms with Crippen molar-refractivity contribution in [3.8, 4) is 0 Å². The van der Waals surface area contributed by atoms with Crippen molar-refractivity contribution in [3.05, 3.63) is 23.3 Å². The fraction of sp³-hybridized carbons (Fsp3) is 0.455. The molecule has 1 aromatic rings. The van der Waals surface area contributed by atoms with Crippen LogP contribution in [0.2, 0.25) is 0 Å². The van der Waals surface area contributed by atoms with Crippen LogP contribution in [-0.4, -0.2) is 11.8 Å². The molecule has 1 nitrogen and oxygen atoms in total. The number of anilines is 1. The van der Waals surface area contributed by atoms with E-state index in [2.05, 4.69) is 38.2 Å². The number of fused-ring (bicyclic) bond motifs is 1. The molecule has 1 aliphatic rings. The Morgan fingerprint density at radius 2 is 2.00 bits per heavy atom. The van der Waals surface area contributed by atoms with Crippen molar-refractivity contribution in [3.63, 3.8) is 0 Å². The van der Waals surface area contributed by atoms with Gasteiger partial charge in [0.1, 0.15) is 0 Å². The fourth-order valence-electron chi connectivity index (χ4n) is 1.54. The predicted octanol–water partition coefficient (Wildman–Crippen LogP) is 3.21. The van der Waals surface area contributed by atoms with Crippen LogP contribution in [0, 0.1) is 13.8 Å². The van der Waals surface area contributed by atoms with Crippen LogP contribution in [0.5, 0.6) is 0 Å². The summed E-state index contributed by atoms with van der Waals surface area (Å²) in [5.74, 6) is 0. The van der Waals surface area contributed by atoms with Gasteiger partial charge in [-0.25, -0.2) is 0 Å². The minimum atomic E-state index is 0.689. The lowest BCUT2D eigenvalue weighted by atomic mass is 10.1. The first-order valence-electron chi connectivity index (χ1n) is 4.68. The van der Waals surface area contributed by atoms with E-state index in [9.17, 15) is 0 Å². The van der Waals surface area contributed by atoms with Gasteiger partial charge in [-0.2, -0.15) is 0 Å². The Morgan fingerprint density at radius 1 is 1.31 bits per heavy atom. The van der Waals surface area contributed by atoms with Crippen molar-refractivity contribution in [2.24, 2.45) is 0 Å². The molecule has 0 radical (unpaired) electrons. The lowest BCUT2D eigenvalue weighted by molar-refractivity contribution is 0.971. The molecule has 0 bridgehead atoms. The topological polar surface area (TPSA) is 12.0 Å². The third-order valence-corrected chi connectivity index (χ3v) is 3.66. The van der Waals surface area contributed by atoms with E-state index in [4.69, 9.17) is 0 Å². The molecule has 70 valence electrons. The van der Waals surface area contributed by atoms with Crippen LogP contribution in [-0.2, 0) is 0 Å². The second-order valence-corrected chi connectivity index (χ2v) is 5.22. The molecule has 1 N–H and O–H groups in total. The molecule has 1 aliphatic heterocycles. The third-order valence-electron chi connectivity index (χ3n) is 2.50. The second kappa shape index (κ2) is 3.26. The normalized spacial score (nSPS) is 20.7. The van der Waals surface area contributed by atoms with Crippen LogP contribution in [0.3, 0.4) is 0 Å². The molecular formula is C11H15NS. The number of nitrogens with one attached hydrogen (secondary N) is 1. The van der Waals surface area contributed by atoms with E-state index in [1.54, 1.807) is 0 Å². The molecule has 0 aromatic heterocycles. The molecule has 1 aromatic carbocycles. The first-order valence-corrected chi connectivity index (χ1v) is 5.56. The van der Waals surface area contributed by atoms with E-state index in [1.165, 1.54) is 21.7 Å². The summed E-state index contributed by atoms with van der Waals surface area (Å²) in [7, 11) is 0. The molecule has 2 rings (SSSR count). The number of rotatable bonds is 0. The average molecular weight is 193 g/mol. The van der Waals surface area contributed by atoms with Gasteiger partial charge in [-0.15, -0.1) is 11.8 Å². The van der Waals surface area contributed by atoms with Crippen molar-refractivity contribution >= 4 is 17.4 Å². The SMILES string of the molecule is Cc1cc2c(cc1C)SC(C)CN2. The predicted molar refractivity (Wildman–Crippen MR) is 59.7 cm³/mol. The van der Waals surface area contributed by atoms with Gasteiger partial charge < -0.3 is 5.32 Å². The molecule has 0 saturated heterocycles. The Balaban J connectivity index is 2.43. The smallest absolute Gasteiger partial charge is 0.0481 e. The minimum Gasteiger partial charge on any atom is -0.383 e. The molecule has 2 heteroatoms. The summed E-state index contributed by atoms with van der Waals surface area (Å²) in [6, 6.07) is 4.54. The Bertz CT molecular complexity index is 333. The van der Waals surface area contributed by atoms with Gasteiger partial charge in [-0.1, -0.05) is 6.92 Å². The molecule has 1 unspecified atom stereocenters. The summed E-state index contributed by atoms with van der Waals surface area (Å²) in [4.78, 5) is 1.40. The van der Waals surface area contributed by atoms with Crippen molar-refractivity contribution in [1.82, 2.24) is 0 Å². The summed E-state index contributed by atoms with van der Waals surface area (Å²) in [5, 5.41) is 4.15. The van der Waals surface area contributed by atoms with Crippen LogP contribution in [0.1, 0.15) is 18.1 Å². The van der Waals surface area contributed by atoms with Gasteiger partial charge in [0, 0.05) is 22.4 Å². The van der Waals surface area contributed by atoms with Crippen molar-refractivity contribution in [1.29, 1.82) is 0 Å². The molecule has 13 heavy (non-hydrogen) atoms. The van der Waals surface area contributed by atoms with Crippen molar-refractivity contribution in [2.45, 2.75) is 30.9 Å². The molecule has 1 atom stereocenters. The third kappa shape index (κ3) is 1.68. The quantitative estimate of drug-likeness (QED) is 0.679. The van der Waals surface area contributed by atoms with Gasteiger partial charge >= 0.3 is 0 Å². The number of benzene rings is 1. The summed E-state index contributed by atoms with van der Waals surface area (Å²) in [5.41, 5.74) is 4.08. The zero-order valence-electron chi connectivity index (χ0n) is 8.35. The Kier molecular flexibility index (Phi) is 2.24. The number of thioether (sulfide) groups is 1. The molecule has 0 fully saturated rings. The van der Waals surface area contributed by atoms with Gasteiger partial charge in [-0.05, 0) is 37.1 Å². The van der Waals surface area contributed by atoms with Crippen LogP contribution >= 0.6 is 11.8 Å². The van der Waals surface area contributed by atoms with Crippen LogP contribution in [0.25, 0.3) is 0 Å². The number of hydrogen-bond acceptors (Lipinski definition) is 2. The van der Waals surface area contributed by atoms with Crippen LogP contribution < -0.4 is 5.32 Å². The molecular weight excluding hydrogens is 178 g/mol. The zero-order valence-corrected chi connectivity index (χ0v) is 9.16. The highest BCUT2D eigenvalue weighted by atomic mass is 32.2. The first kappa shape index (κ1) is 8.95. The monoisotopic (exact) mass is 193 g/mol. The summed E-state index contributed by atoms with van der Waals surface area (Å²) in [6.45, 7) is 7.69. The standard InChI is InChI=1S/C11H15NS/c1-7-4-10-11(5-8(7)2)13-9(3)6-12-10/h4-5,9,12H,6H2,1-3H3. The lowest BCUT2D eigenvalue weighted by Gasteiger charge is -2.23. The van der Waals surface area contributed by atoms with Gasteiger partial charge in [0.15, 0.2) is 0 Å². The van der Waals surface area contributed by atoms with Crippen LogP contribution in [0.4, 0.5) is 5.69 Å². The Hall–Kier alpha value is -0.630. The summed E-state index contributed by atoms with van der Waals surface area (Å²) >= 11 is 1.97. The van der Waals surface area contributed by atoms with Gasteiger partial charge in [-0.3, -0.25) is 0 Å². The van der Waals surface area contributed by atoms with E-state index < -0.39 is 0 Å². The van der Waals surface area contributed by atoms with Gasteiger partial charge in [0.05, 0.1) is 0 Å². The maximum absolute atomic E-state index is 3.46. The van der Waals surface area contributed by atoms with E-state index in [0.717, 1.165) is 6.54 Å². The molecule has 0 aliphatic carbocycles. The van der Waals surface area contributed by atoms with E-state index in [0.29, 0.717) is 5.25 Å². The van der Waals surface area contributed by atoms with Gasteiger partial charge in [0.2, 0.25) is 0 Å². The summed E-state index contributed by atoms with van der Waals surface area (Å²) in [6.07, 6.45) is 0. The maximum Gasteiger partial charge on any atom is 0.0481 e. The van der Waals surface area contributed by atoms with Crippen molar-refractivity contribution < 1.29 is 0 Å². The lowest BCUT2D eigenvalue weighted by Crippen LogP contribution is -2.18. The summed E-state index contributed by atoms with van der Waals surface area (Å²) < 4.78 is 0. The zero-order chi connectivity index (χ0) is 9.42. The highest BCUT2D eigenvalue weighted by Gasteiger charge is 2.15. The highest BCUT2D eigenvalue weighted by molar-refractivity contribution is 8.00. The molecule has 1 heterocycles. The fourth-order valence-corrected chi connectivity index (χ4v) is 2.64. The minimum absolute atomic E-state index is 0.689. The molecule has 0 saturated carbocycles. The second-order valence-electron chi connectivity index (χ2n) is 3.74. The highest BCUT2D eigenvalue weighted by Crippen LogP contribution is 2.36. The van der Waals surface area contributed by atoms with E-state index in [1.807, 2.05) is 11.8 Å². The maximum atomic E-state index is 3.46. The van der Waals surface area contributed by atoms with Gasteiger partial charge in [0.25, 0.3) is 0 Å². The first-order chi connectivity index (χ1) is 6.16. The molecule has 0 spiro atoms. The number of aryl methyl sites for hydroxylation is 2. The Labute approximate surface area is 83.9 Å². The van der Waals surface area contributed by atoms with Crippen molar-refractivity contribution in [2.75, 3.05) is 11.9 Å². The average Bonchev–Trinajstić information content (AvgIpc) is 2.08. The van der Waals surface area contributed by atoms with Crippen LogP contribution in [0.15, 0.2) is 17.0 Å². The van der Waals surface area contributed by atoms with E-state index >= 15 is 0 Å². The number of hydrogen-bond donors (Lipinski definition) is 1. The largest absolute Gasteiger partial charge is 0.383 e. The van der Waals surface area contributed by atoms with E-state index in [-0.39, 0.29) is 0 Å².